The van der Waals surface area contributed by atoms with Gasteiger partial charge in [-0.15, -0.1) is 0 Å². The topological polar surface area (TPSA) is 75.6 Å². The number of aromatic hydroxyl groups is 1. The lowest BCUT2D eigenvalue weighted by molar-refractivity contribution is -0.119. The largest absolute Gasteiger partial charge is 0.508 e. The van der Waals surface area contributed by atoms with Crippen LogP contribution >= 0.6 is 0 Å². The van der Waals surface area contributed by atoms with Gasteiger partial charge in [-0.1, -0.05) is 18.2 Å². The number of esters is 1. The average Bonchev–Trinajstić information content (AvgIpc) is 2.48. The fourth-order valence-corrected chi connectivity index (χ4v) is 1.71. The molecule has 5 nitrogen and oxygen atoms in total. The Morgan fingerprint density at radius 2 is 1.76 bits per heavy atom. The van der Waals surface area contributed by atoms with Gasteiger partial charge >= 0.3 is 5.97 Å². The van der Waals surface area contributed by atoms with Gasteiger partial charge in [-0.05, 0) is 42.8 Å². The zero-order valence-corrected chi connectivity index (χ0v) is 11.5. The number of ether oxygens (including phenoxy) is 1. The van der Waals surface area contributed by atoms with Crippen LogP contribution in [0.1, 0.15) is 15.9 Å². The number of hydrogen-bond acceptors (Lipinski definition) is 4. The van der Waals surface area contributed by atoms with Gasteiger partial charge in [0.25, 0.3) is 5.91 Å². The van der Waals surface area contributed by atoms with Crippen molar-refractivity contribution in [3.8, 4) is 5.75 Å². The Morgan fingerprint density at radius 1 is 1.10 bits per heavy atom. The van der Waals surface area contributed by atoms with Crippen LogP contribution in [0.5, 0.6) is 5.75 Å². The predicted octanol–water partition coefficient (Wildman–Crippen LogP) is 2.50. The molecule has 0 aliphatic heterocycles. The first-order valence-electron chi connectivity index (χ1n) is 6.38. The maximum atomic E-state index is 11.7. The second-order valence-electron chi connectivity index (χ2n) is 4.49. The molecule has 0 fully saturated rings. The molecule has 0 bridgehead atoms. The van der Waals surface area contributed by atoms with Crippen molar-refractivity contribution < 1.29 is 19.4 Å². The highest BCUT2D eigenvalue weighted by Gasteiger charge is 2.10. The van der Waals surface area contributed by atoms with E-state index in [2.05, 4.69) is 5.32 Å². The van der Waals surface area contributed by atoms with Gasteiger partial charge in [-0.25, -0.2) is 4.79 Å². The number of carbonyl (C=O) groups is 2. The van der Waals surface area contributed by atoms with Crippen molar-refractivity contribution in [1.82, 2.24) is 0 Å². The van der Waals surface area contributed by atoms with E-state index in [1.807, 2.05) is 25.1 Å². The molecule has 0 spiro atoms. The van der Waals surface area contributed by atoms with Gasteiger partial charge in [0.1, 0.15) is 5.75 Å². The standard InChI is InChI=1S/C16H15NO4/c1-11-4-2-3-5-14(11)17-15(19)10-21-16(20)12-6-8-13(18)9-7-12/h2-9,18H,10H2,1H3,(H,17,19). The van der Waals surface area contributed by atoms with E-state index in [0.29, 0.717) is 5.69 Å². The molecule has 0 unspecified atom stereocenters. The lowest BCUT2D eigenvalue weighted by atomic mass is 10.2. The zero-order chi connectivity index (χ0) is 15.2. The van der Waals surface area contributed by atoms with E-state index in [-0.39, 0.29) is 17.9 Å². The summed E-state index contributed by atoms with van der Waals surface area (Å²) in [6, 6.07) is 12.9. The normalized spacial score (nSPS) is 9.95. The second kappa shape index (κ2) is 6.56. The Labute approximate surface area is 122 Å². The van der Waals surface area contributed by atoms with E-state index in [4.69, 9.17) is 9.84 Å². The summed E-state index contributed by atoms with van der Waals surface area (Å²) in [5.41, 5.74) is 1.88. The summed E-state index contributed by atoms with van der Waals surface area (Å²) in [7, 11) is 0. The van der Waals surface area contributed by atoms with Crippen molar-refractivity contribution in [2.75, 3.05) is 11.9 Å². The van der Waals surface area contributed by atoms with Gasteiger partial charge in [-0.2, -0.15) is 0 Å². The number of para-hydroxylation sites is 1. The molecule has 108 valence electrons. The summed E-state index contributed by atoms with van der Waals surface area (Å²) in [6.07, 6.45) is 0. The fourth-order valence-electron chi connectivity index (χ4n) is 1.71. The first kappa shape index (κ1) is 14.6. The second-order valence-corrected chi connectivity index (χ2v) is 4.49. The Balaban J connectivity index is 1.88. The highest BCUT2D eigenvalue weighted by molar-refractivity contribution is 5.95. The number of rotatable bonds is 4. The molecular weight excluding hydrogens is 270 g/mol. The van der Waals surface area contributed by atoms with Crippen LogP contribution in [0.3, 0.4) is 0 Å². The van der Waals surface area contributed by atoms with Crippen LogP contribution in [0.25, 0.3) is 0 Å². The van der Waals surface area contributed by atoms with Crippen LogP contribution < -0.4 is 5.32 Å². The molecule has 0 saturated carbocycles. The minimum Gasteiger partial charge on any atom is -0.508 e. The lowest BCUT2D eigenvalue weighted by Gasteiger charge is -2.08. The highest BCUT2D eigenvalue weighted by atomic mass is 16.5. The molecule has 0 aliphatic carbocycles. The smallest absolute Gasteiger partial charge is 0.338 e. The van der Waals surface area contributed by atoms with Crippen molar-refractivity contribution in [2.24, 2.45) is 0 Å². The van der Waals surface area contributed by atoms with Gasteiger partial charge in [0.2, 0.25) is 0 Å². The molecule has 2 rings (SSSR count). The SMILES string of the molecule is Cc1ccccc1NC(=O)COC(=O)c1ccc(O)cc1. The third kappa shape index (κ3) is 4.07. The molecule has 0 heterocycles. The molecule has 2 N–H and O–H groups in total. The molecular formula is C16H15NO4. The van der Waals surface area contributed by atoms with Crippen molar-refractivity contribution in [3.63, 3.8) is 0 Å². The first-order valence-corrected chi connectivity index (χ1v) is 6.38. The van der Waals surface area contributed by atoms with Crippen molar-refractivity contribution in [2.45, 2.75) is 6.92 Å². The fraction of sp³-hybridized carbons (Fsp3) is 0.125. The number of nitrogens with one attached hydrogen (secondary N) is 1. The Bertz CT molecular complexity index is 650. The number of carbonyl (C=O) groups excluding carboxylic acids is 2. The highest BCUT2D eigenvalue weighted by Crippen LogP contribution is 2.13. The van der Waals surface area contributed by atoms with Crippen LogP contribution in [0.4, 0.5) is 5.69 Å². The molecule has 2 aromatic rings. The summed E-state index contributed by atoms with van der Waals surface area (Å²) in [4.78, 5) is 23.4. The summed E-state index contributed by atoms with van der Waals surface area (Å²) < 4.78 is 4.91. The zero-order valence-electron chi connectivity index (χ0n) is 11.5. The number of amides is 1. The van der Waals surface area contributed by atoms with E-state index in [9.17, 15) is 9.59 Å². The summed E-state index contributed by atoms with van der Waals surface area (Å²) in [6.45, 7) is 1.51. The van der Waals surface area contributed by atoms with Crippen LogP contribution in [-0.4, -0.2) is 23.6 Å². The van der Waals surface area contributed by atoms with Crippen LogP contribution in [0.2, 0.25) is 0 Å². The minimum absolute atomic E-state index is 0.0591. The average molecular weight is 285 g/mol. The van der Waals surface area contributed by atoms with Crippen LogP contribution in [0, 0.1) is 6.92 Å². The molecule has 21 heavy (non-hydrogen) atoms. The molecule has 5 heteroatoms. The molecule has 0 aromatic heterocycles. The molecule has 0 atom stereocenters. The van der Waals surface area contributed by atoms with Crippen molar-refractivity contribution in [3.05, 3.63) is 59.7 Å². The maximum Gasteiger partial charge on any atom is 0.338 e. The number of aryl methyl sites for hydroxylation is 1. The number of benzene rings is 2. The van der Waals surface area contributed by atoms with E-state index in [1.165, 1.54) is 24.3 Å². The van der Waals surface area contributed by atoms with Gasteiger partial charge in [-0.3, -0.25) is 4.79 Å². The molecule has 2 aromatic carbocycles. The van der Waals surface area contributed by atoms with Crippen LogP contribution in [-0.2, 0) is 9.53 Å². The summed E-state index contributed by atoms with van der Waals surface area (Å²) in [5.74, 6) is -0.963. The van der Waals surface area contributed by atoms with Crippen molar-refractivity contribution >= 4 is 17.6 Å². The summed E-state index contributed by atoms with van der Waals surface area (Å²) >= 11 is 0. The molecule has 1 amide bonds. The number of phenolic OH excluding ortho intramolecular Hbond substituents is 1. The van der Waals surface area contributed by atoms with Crippen LogP contribution in [0.15, 0.2) is 48.5 Å². The van der Waals surface area contributed by atoms with E-state index in [1.54, 1.807) is 6.07 Å². The Kier molecular flexibility index (Phi) is 4.56. The maximum absolute atomic E-state index is 11.7. The Hall–Kier alpha value is -2.82. The number of anilines is 1. The van der Waals surface area contributed by atoms with Gasteiger partial charge in [0, 0.05) is 5.69 Å². The third-order valence-corrected chi connectivity index (χ3v) is 2.86. The monoisotopic (exact) mass is 285 g/mol. The quantitative estimate of drug-likeness (QED) is 0.846. The van der Waals surface area contributed by atoms with E-state index < -0.39 is 11.9 Å². The molecule has 0 saturated heterocycles. The van der Waals surface area contributed by atoms with Gasteiger partial charge in [0.15, 0.2) is 6.61 Å². The molecule has 0 radical (unpaired) electrons. The van der Waals surface area contributed by atoms with Gasteiger partial charge < -0.3 is 15.2 Å². The summed E-state index contributed by atoms with van der Waals surface area (Å²) in [5, 5.41) is 11.8. The predicted molar refractivity (Wildman–Crippen MR) is 78.2 cm³/mol. The Morgan fingerprint density at radius 3 is 2.43 bits per heavy atom. The molecule has 0 aliphatic rings. The first-order chi connectivity index (χ1) is 10.1. The van der Waals surface area contributed by atoms with Crippen molar-refractivity contribution in [1.29, 1.82) is 0 Å². The number of phenols is 1. The minimum atomic E-state index is -0.616. The van der Waals surface area contributed by atoms with E-state index >= 15 is 0 Å². The number of hydrogen-bond donors (Lipinski definition) is 2. The third-order valence-electron chi connectivity index (χ3n) is 2.86. The van der Waals surface area contributed by atoms with E-state index in [0.717, 1.165) is 5.56 Å². The lowest BCUT2D eigenvalue weighted by Crippen LogP contribution is -2.21. The van der Waals surface area contributed by atoms with Gasteiger partial charge in [0.05, 0.1) is 5.56 Å².